The molecule has 0 radical (unpaired) electrons. The zero-order chi connectivity index (χ0) is 12.8. The van der Waals surface area contributed by atoms with Gasteiger partial charge in [0.05, 0.1) is 0 Å². The van der Waals surface area contributed by atoms with Gasteiger partial charge in [0.1, 0.15) is 5.84 Å². The van der Waals surface area contributed by atoms with Crippen LogP contribution in [0.5, 0.6) is 0 Å². The monoisotopic (exact) mass is 229 g/mol. The molecule has 0 aliphatic carbocycles. The molecule has 0 amide bonds. The highest BCUT2D eigenvalue weighted by Gasteiger charge is 2.16. The van der Waals surface area contributed by atoms with Gasteiger partial charge in [-0.1, -0.05) is 39.8 Å². The van der Waals surface area contributed by atoms with Crippen LogP contribution < -0.4 is 5.73 Å². The third kappa shape index (κ3) is 6.67. The van der Waals surface area contributed by atoms with Crippen molar-refractivity contribution < 1.29 is 5.21 Å². The van der Waals surface area contributed by atoms with E-state index in [-0.39, 0.29) is 5.92 Å². The van der Waals surface area contributed by atoms with Gasteiger partial charge in [-0.15, -0.1) is 0 Å². The second-order valence-corrected chi connectivity index (χ2v) is 5.63. The Morgan fingerprint density at radius 1 is 1.44 bits per heavy atom. The van der Waals surface area contributed by atoms with Gasteiger partial charge >= 0.3 is 0 Å². The van der Waals surface area contributed by atoms with Crippen LogP contribution >= 0.6 is 0 Å². The van der Waals surface area contributed by atoms with Gasteiger partial charge in [-0.3, -0.25) is 0 Å². The van der Waals surface area contributed by atoms with E-state index < -0.39 is 0 Å². The van der Waals surface area contributed by atoms with Crippen LogP contribution in [-0.2, 0) is 0 Å². The highest BCUT2D eigenvalue weighted by molar-refractivity contribution is 5.82. The number of hydrogen-bond acceptors (Lipinski definition) is 3. The minimum atomic E-state index is 0.102. The van der Waals surface area contributed by atoms with E-state index >= 15 is 0 Å². The molecule has 0 fully saturated rings. The van der Waals surface area contributed by atoms with Gasteiger partial charge in [0.2, 0.25) is 0 Å². The normalized spacial score (nSPS) is 15.5. The molecule has 0 aromatic heterocycles. The van der Waals surface area contributed by atoms with E-state index in [1.807, 2.05) is 6.92 Å². The molecule has 0 spiro atoms. The Labute approximate surface area is 99.5 Å². The van der Waals surface area contributed by atoms with Crippen molar-refractivity contribution in [3.63, 3.8) is 0 Å². The third-order valence-corrected chi connectivity index (χ3v) is 2.78. The van der Waals surface area contributed by atoms with Gasteiger partial charge in [-0.25, -0.2) is 0 Å². The zero-order valence-corrected chi connectivity index (χ0v) is 11.3. The first kappa shape index (κ1) is 15.2. The lowest BCUT2D eigenvalue weighted by Gasteiger charge is -2.27. The molecule has 1 unspecified atom stereocenters. The van der Waals surface area contributed by atoms with E-state index in [9.17, 15) is 0 Å². The first-order chi connectivity index (χ1) is 7.30. The predicted molar refractivity (Wildman–Crippen MR) is 68.8 cm³/mol. The Kier molecular flexibility index (Phi) is 6.41. The molecule has 0 aromatic carbocycles. The zero-order valence-electron chi connectivity index (χ0n) is 11.3. The molecular formula is C12H27N3O. The molecule has 0 aliphatic rings. The summed E-state index contributed by atoms with van der Waals surface area (Å²) >= 11 is 0. The summed E-state index contributed by atoms with van der Waals surface area (Å²) in [5.41, 5.74) is 5.93. The van der Waals surface area contributed by atoms with Crippen molar-refractivity contribution in [1.82, 2.24) is 4.90 Å². The largest absolute Gasteiger partial charge is 0.409 e. The smallest absolute Gasteiger partial charge is 0.143 e. The second-order valence-electron chi connectivity index (χ2n) is 5.63. The predicted octanol–water partition coefficient (Wildman–Crippen LogP) is 2.13. The van der Waals surface area contributed by atoms with Crippen LogP contribution in [0.3, 0.4) is 0 Å². The Bertz CT molecular complexity index is 221. The molecule has 4 heteroatoms. The second kappa shape index (κ2) is 6.74. The van der Waals surface area contributed by atoms with Crippen molar-refractivity contribution >= 4 is 5.84 Å². The van der Waals surface area contributed by atoms with Crippen LogP contribution in [0.25, 0.3) is 0 Å². The third-order valence-electron chi connectivity index (χ3n) is 2.78. The van der Waals surface area contributed by atoms with Crippen molar-refractivity contribution in [2.24, 2.45) is 22.2 Å². The van der Waals surface area contributed by atoms with Gasteiger partial charge < -0.3 is 15.8 Å². The van der Waals surface area contributed by atoms with E-state index in [4.69, 9.17) is 10.9 Å². The van der Waals surface area contributed by atoms with E-state index in [1.165, 1.54) is 0 Å². The SMILES string of the molecule is CCN(CCC(C)(C)C)CC(C)C(N)=NO. The summed E-state index contributed by atoms with van der Waals surface area (Å²) in [5.74, 6) is 0.416. The lowest BCUT2D eigenvalue weighted by Crippen LogP contribution is -2.36. The molecular weight excluding hydrogens is 202 g/mol. The van der Waals surface area contributed by atoms with Gasteiger partial charge in [-0.05, 0) is 24.9 Å². The van der Waals surface area contributed by atoms with E-state index in [1.54, 1.807) is 0 Å². The average Bonchev–Trinajstić information content (AvgIpc) is 2.21. The van der Waals surface area contributed by atoms with E-state index in [0.717, 1.165) is 26.1 Å². The van der Waals surface area contributed by atoms with Crippen LogP contribution in [0.1, 0.15) is 41.0 Å². The summed E-state index contributed by atoms with van der Waals surface area (Å²) in [6, 6.07) is 0. The number of nitrogens with two attached hydrogens (primary N) is 1. The fourth-order valence-corrected chi connectivity index (χ4v) is 1.45. The summed E-state index contributed by atoms with van der Waals surface area (Å²) in [7, 11) is 0. The quantitative estimate of drug-likeness (QED) is 0.317. The van der Waals surface area contributed by atoms with Crippen molar-refractivity contribution in [2.75, 3.05) is 19.6 Å². The fraction of sp³-hybridized carbons (Fsp3) is 0.917. The minimum absolute atomic E-state index is 0.102. The number of rotatable bonds is 6. The molecule has 0 heterocycles. The molecule has 0 aromatic rings. The molecule has 0 rings (SSSR count). The van der Waals surface area contributed by atoms with Crippen molar-refractivity contribution in [3.05, 3.63) is 0 Å². The molecule has 4 nitrogen and oxygen atoms in total. The molecule has 0 aliphatic heterocycles. The first-order valence-corrected chi connectivity index (χ1v) is 6.00. The maximum absolute atomic E-state index is 8.59. The summed E-state index contributed by atoms with van der Waals surface area (Å²) in [6.45, 7) is 13.8. The lowest BCUT2D eigenvalue weighted by atomic mass is 9.92. The average molecular weight is 229 g/mol. The molecule has 0 bridgehead atoms. The topological polar surface area (TPSA) is 61.8 Å². The highest BCUT2D eigenvalue weighted by atomic mass is 16.4. The number of hydrogen-bond donors (Lipinski definition) is 2. The molecule has 0 saturated heterocycles. The standard InChI is InChI=1S/C12H27N3O/c1-6-15(8-7-12(3,4)5)9-10(2)11(13)14-16/h10,16H,6-9H2,1-5H3,(H2,13,14). The number of nitrogens with zero attached hydrogens (tertiary/aromatic N) is 2. The van der Waals surface area contributed by atoms with Crippen LogP contribution in [0.2, 0.25) is 0 Å². The molecule has 96 valence electrons. The van der Waals surface area contributed by atoms with Gasteiger partial charge in [0, 0.05) is 12.5 Å². The highest BCUT2D eigenvalue weighted by Crippen LogP contribution is 2.19. The maximum Gasteiger partial charge on any atom is 0.143 e. The van der Waals surface area contributed by atoms with Crippen molar-refractivity contribution in [3.8, 4) is 0 Å². The Morgan fingerprint density at radius 3 is 2.38 bits per heavy atom. The Hall–Kier alpha value is -0.770. The van der Waals surface area contributed by atoms with Gasteiger partial charge in [-0.2, -0.15) is 0 Å². The van der Waals surface area contributed by atoms with Gasteiger partial charge in [0.25, 0.3) is 0 Å². The first-order valence-electron chi connectivity index (χ1n) is 6.00. The molecule has 1 atom stereocenters. The number of oxime groups is 1. The van der Waals surface area contributed by atoms with Crippen molar-refractivity contribution in [2.45, 2.75) is 41.0 Å². The van der Waals surface area contributed by atoms with Crippen molar-refractivity contribution in [1.29, 1.82) is 0 Å². The Balaban J connectivity index is 4.11. The molecule has 16 heavy (non-hydrogen) atoms. The summed E-state index contributed by atoms with van der Waals surface area (Å²) in [5, 5.41) is 11.6. The molecule has 0 saturated carbocycles. The fourth-order valence-electron chi connectivity index (χ4n) is 1.45. The summed E-state index contributed by atoms with van der Waals surface area (Å²) in [4.78, 5) is 2.34. The van der Waals surface area contributed by atoms with Crippen LogP contribution in [0, 0.1) is 11.3 Å². The number of amidine groups is 1. The lowest BCUT2D eigenvalue weighted by molar-refractivity contribution is 0.224. The van der Waals surface area contributed by atoms with Crippen LogP contribution in [-0.4, -0.2) is 35.6 Å². The Morgan fingerprint density at radius 2 is 2.00 bits per heavy atom. The van der Waals surface area contributed by atoms with Crippen LogP contribution in [0.15, 0.2) is 5.16 Å². The minimum Gasteiger partial charge on any atom is -0.409 e. The van der Waals surface area contributed by atoms with Crippen LogP contribution in [0.4, 0.5) is 0 Å². The van der Waals surface area contributed by atoms with E-state index in [2.05, 4.69) is 37.8 Å². The molecule has 3 N–H and O–H groups in total. The summed E-state index contributed by atoms with van der Waals surface area (Å²) in [6.07, 6.45) is 1.16. The summed E-state index contributed by atoms with van der Waals surface area (Å²) < 4.78 is 0. The van der Waals surface area contributed by atoms with E-state index in [0.29, 0.717) is 11.3 Å². The van der Waals surface area contributed by atoms with Gasteiger partial charge in [0.15, 0.2) is 0 Å². The maximum atomic E-state index is 8.59.